The third-order valence-electron chi connectivity index (χ3n) is 2.63. The smallest absolute Gasteiger partial charge is 0.328 e. The van der Waals surface area contributed by atoms with Crippen LogP contribution in [0.3, 0.4) is 0 Å². The van der Waals surface area contributed by atoms with Gasteiger partial charge in [-0.1, -0.05) is 6.92 Å². The predicted molar refractivity (Wildman–Crippen MR) is 72.5 cm³/mol. The number of carboxylic acids is 1. The van der Waals surface area contributed by atoms with Crippen molar-refractivity contribution in [3.63, 3.8) is 0 Å². The van der Waals surface area contributed by atoms with Crippen LogP contribution in [0.4, 0.5) is 0 Å². The molecule has 2 rings (SSSR count). The summed E-state index contributed by atoms with van der Waals surface area (Å²) in [5.74, 6) is 0.592. The fourth-order valence-electron chi connectivity index (χ4n) is 1.75. The van der Waals surface area contributed by atoms with E-state index < -0.39 is 5.97 Å². The molecular formula is C15H16O4. The lowest BCUT2D eigenvalue weighted by atomic mass is 10.1. The molecule has 4 nitrogen and oxygen atoms in total. The van der Waals surface area contributed by atoms with Gasteiger partial charge in [0.15, 0.2) is 0 Å². The van der Waals surface area contributed by atoms with Crippen LogP contribution >= 0.6 is 0 Å². The Balaban J connectivity index is 2.15. The van der Waals surface area contributed by atoms with Crippen LogP contribution in [0.5, 0.6) is 11.5 Å². The molecule has 0 saturated carbocycles. The molecular weight excluding hydrogens is 244 g/mol. The SMILES string of the molecule is CCCOc1ccc2c(c1)OCC(/C=C/C(=O)O)=C2. The minimum absolute atomic E-state index is 0.369. The van der Waals surface area contributed by atoms with Gasteiger partial charge in [-0.3, -0.25) is 0 Å². The summed E-state index contributed by atoms with van der Waals surface area (Å²) >= 11 is 0. The van der Waals surface area contributed by atoms with E-state index in [0.717, 1.165) is 35.1 Å². The van der Waals surface area contributed by atoms with Gasteiger partial charge in [-0.25, -0.2) is 4.79 Å². The highest BCUT2D eigenvalue weighted by Crippen LogP contribution is 2.30. The molecule has 0 fully saturated rings. The zero-order chi connectivity index (χ0) is 13.7. The van der Waals surface area contributed by atoms with Crippen LogP contribution in [-0.4, -0.2) is 24.3 Å². The first-order chi connectivity index (χ1) is 9.19. The van der Waals surface area contributed by atoms with Crippen LogP contribution in [0.2, 0.25) is 0 Å². The quantitative estimate of drug-likeness (QED) is 0.827. The zero-order valence-electron chi connectivity index (χ0n) is 10.8. The fraction of sp³-hybridized carbons (Fsp3) is 0.267. The van der Waals surface area contributed by atoms with E-state index in [-0.39, 0.29) is 0 Å². The van der Waals surface area contributed by atoms with Crippen LogP contribution in [0.1, 0.15) is 18.9 Å². The highest BCUT2D eigenvalue weighted by atomic mass is 16.5. The maximum absolute atomic E-state index is 10.5. The molecule has 1 heterocycles. The molecule has 1 aromatic carbocycles. The van der Waals surface area contributed by atoms with Gasteiger partial charge >= 0.3 is 5.97 Å². The second kappa shape index (κ2) is 6.09. The molecule has 0 aliphatic carbocycles. The number of ether oxygens (including phenoxy) is 2. The Morgan fingerprint density at radius 1 is 1.53 bits per heavy atom. The van der Waals surface area contributed by atoms with E-state index in [1.54, 1.807) is 6.08 Å². The summed E-state index contributed by atoms with van der Waals surface area (Å²) in [6.07, 6.45) is 5.54. The number of carbonyl (C=O) groups is 1. The number of fused-ring (bicyclic) bond motifs is 1. The van der Waals surface area contributed by atoms with Crippen molar-refractivity contribution in [2.75, 3.05) is 13.2 Å². The summed E-state index contributed by atoms with van der Waals surface area (Å²) < 4.78 is 11.1. The number of hydrogen-bond donors (Lipinski definition) is 1. The highest BCUT2D eigenvalue weighted by molar-refractivity contribution is 5.81. The van der Waals surface area contributed by atoms with Gasteiger partial charge in [0.25, 0.3) is 0 Å². The molecule has 4 heteroatoms. The van der Waals surface area contributed by atoms with E-state index in [1.165, 1.54) is 0 Å². The predicted octanol–water partition coefficient (Wildman–Crippen LogP) is 2.89. The summed E-state index contributed by atoms with van der Waals surface area (Å²) in [5.41, 5.74) is 1.76. The first kappa shape index (κ1) is 13.2. The average molecular weight is 260 g/mol. The second-order valence-electron chi connectivity index (χ2n) is 4.23. The van der Waals surface area contributed by atoms with Crippen LogP contribution < -0.4 is 9.47 Å². The summed E-state index contributed by atoms with van der Waals surface area (Å²) in [6.45, 7) is 3.11. The molecule has 0 atom stereocenters. The molecule has 0 amide bonds. The zero-order valence-corrected chi connectivity index (χ0v) is 10.8. The Hall–Kier alpha value is -2.23. The minimum Gasteiger partial charge on any atom is -0.493 e. The third-order valence-corrected chi connectivity index (χ3v) is 2.63. The van der Waals surface area contributed by atoms with E-state index in [9.17, 15) is 4.79 Å². The van der Waals surface area contributed by atoms with Crippen LogP contribution in [-0.2, 0) is 4.79 Å². The molecule has 1 aromatic rings. The molecule has 1 N–H and O–H groups in total. The van der Waals surface area contributed by atoms with Crippen molar-refractivity contribution in [2.45, 2.75) is 13.3 Å². The third kappa shape index (κ3) is 3.61. The molecule has 100 valence electrons. The van der Waals surface area contributed by atoms with Crippen molar-refractivity contribution in [2.24, 2.45) is 0 Å². The van der Waals surface area contributed by atoms with Crippen molar-refractivity contribution in [1.29, 1.82) is 0 Å². The molecule has 1 aliphatic rings. The Bertz CT molecular complexity index is 529. The monoisotopic (exact) mass is 260 g/mol. The molecule has 0 radical (unpaired) electrons. The Morgan fingerprint density at radius 2 is 2.37 bits per heavy atom. The van der Waals surface area contributed by atoms with E-state index >= 15 is 0 Å². The standard InChI is InChI=1S/C15H16O4/c1-2-7-18-13-5-4-12-8-11(3-6-15(16)17)10-19-14(12)9-13/h3-6,8-9H,2,7,10H2,1H3,(H,16,17)/b6-3+. The van der Waals surface area contributed by atoms with Crippen molar-refractivity contribution in [1.82, 2.24) is 0 Å². The van der Waals surface area contributed by atoms with Crippen molar-refractivity contribution < 1.29 is 19.4 Å². The van der Waals surface area contributed by atoms with Gasteiger partial charge in [-0.2, -0.15) is 0 Å². The van der Waals surface area contributed by atoms with E-state index in [2.05, 4.69) is 6.92 Å². The lowest BCUT2D eigenvalue weighted by Crippen LogP contribution is -2.06. The summed E-state index contributed by atoms with van der Waals surface area (Å²) in [6, 6.07) is 5.66. The van der Waals surface area contributed by atoms with Crippen molar-refractivity contribution in [3.8, 4) is 11.5 Å². The van der Waals surface area contributed by atoms with E-state index in [1.807, 2.05) is 24.3 Å². The maximum atomic E-state index is 10.5. The van der Waals surface area contributed by atoms with E-state index in [0.29, 0.717) is 13.2 Å². The van der Waals surface area contributed by atoms with Crippen LogP contribution in [0.15, 0.2) is 35.9 Å². The van der Waals surface area contributed by atoms with Crippen molar-refractivity contribution in [3.05, 3.63) is 41.5 Å². The molecule has 0 unspecified atom stereocenters. The Labute approximate surface area is 112 Å². The lowest BCUT2D eigenvalue weighted by molar-refractivity contribution is -0.131. The topological polar surface area (TPSA) is 55.8 Å². The Morgan fingerprint density at radius 3 is 3.11 bits per heavy atom. The maximum Gasteiger partial charge on any atom is 0.328 e. The van der Waals surface area contributed by atoms with Gasteiger partial charge in [0, 0.05) is 17.7 Å². The normalized spacial score (nSPS) is 13.6. The summed E-state index contributed by atoms with van der Waals surface area (Å²) in [5, 5.41) is 8.59. The van der Waals surface area contributed by atoms with Gasteiger partial charge < -0.3 is 14.6 Å². The molecule has 1 aliphatic heterocycles. The fourth-order valence-corrected chi connectivity index (χ4v) is 1.75. The van der Waals surface area contributed by atoms with Gasteiger partial charge in [0.05, 0.1) is 6.61 Å². The molecule has 19 heavy (non-hydrogen) atoms. The van der Waals surface area contributed by atoms with Crippen molar-refractivity contribution >= 4 is 12.0 Å². The first-order valence-electron chi connectivity index (χ1n) is 6.20. The van der Waals surface area contributed by atoms with E-state index in [4.69, 9.17) is 14.6 Å². The average Bonchev–Trinajstić information content (AvgIpc) is 2.42. The van der Waals surface area contributed by atoms with Gasteiger partial charge in [0.2, 0.25) is 0 Å². The molecule has 0 bridgehead atoms. The number of benzene rings is 1. The second-order valence-corrected chi connectivity index (χ2v) is 4.23. The van der Waals surface area contributed by atoms with Crippen LogP contribution in [0.25, 0.3) is 6.08 Å². The summed E-state index contributed by atoms with van der Waals surface area (Å²) in [7, 11) is 0. The highest BCUT2D eigenvalue weighted by Gasteiger charge is 2.11. The van der Waals surface area contributed by atoms with Gasteiger partial charge in [-0.05, 0) is 36.3 Å². The van der Waals surface area contributed by atoms with Gasteiger partial charge in [-0.15, -0.1) is 0 Å². The molecule has 0 aromatic heterocycles. The number of rotatable bonds is 5. The Kier molecular flexibility index (Phi) is 4.23. The number of hydrogen-bond acceptors (Lipinski definition) is 3. The summed E-state index contributed by atoms with van der Waals surface area (Å²) in [4.78, 5) is 10.5. The largest absolute Gasteiger partial charge is 0.493 e. The van der Waals surface area contributed by atoms with Gasteiger partial charge in [0.1, 0.15) is 18.1 Å². The number of aliphatic carboxylic acids is 1. The number of carboxylic acid groups (broad SMARTS) is 1. The minimum atomic E-state index is -0.963. The molecule has 0 spiro atoms. The first-order valence-corrected chi connectivity index (χ1v) is 6.20. The lowest BCUT2D eigenvalue weighted by Gasteiger charge is -2.17. The molecule has 0 saturated heterocycles. The van der Waals surface area contributed by atoms with Crippen LogP contribution in [0, 0.1) is 0 Å².